The van der Waals surface area contributed by atoms with E-state index in [2.05, 4.69) is 157 Å². The van der Waals surface area contributed by atoms with Crippen molar-refractivity contribution in [3.8, 4) is 11.1 Å². The van der Waals surface area contributed by atoms with Crippen LogP contribution in [0.2, 0.25) is 0 Å². The summed E-state index contributed by atoms with van der Waals surface area (Å²) in [6.45, 7) is 0. The van der Waals surface area contributed by atoms with Crippen molar-refractivity contribution in [3.63, 3.8) is 0 Å². The van der Waals surface area contributed by atoms with Crippen molar-refractivity contribution in [2.75, 3.05) is 23.7 Å². The lowest BCUT2D eigenvalue weighted by molar-refractivity contribution is 1.23. The minimum Gasteiger partial charge on any atom is -0.309 e. The molecule has 0 saturated heterocycles. The SMILES string of the molecule is CS(C)(C)c1ccccc1N(c1ccc(-c2ccccc2)cc1)c1ccc2ccc3ccccc3c2c1. The zero-order valence-corrected chi connectivity index (χ0v) is 22.4. The molecule has 37 heavy (non-hydrogen) atoms. The number of nitrogens with zero attached hydrogens (tertiary/aromatic N) is 1. The smallest absolute Gasteiger partial charge is 0.0582 e. The fourth-order valence-corrected chi connectivity index (χ4v) is 6.42. The highest BCUT2D eigenvalue weighted by Crippen LogP contribution is 2.52. The Bertz CT molecular complexity index is 1700. The van der Waals surface area contributed by atoms with Crippen LogP contribution in [0.25, 0.3) is 32.7 Å². The molecule has 0 aliphatic heterocycles. The molecule has 0 spiro atoms. The van der Waals surface area contributed by atoms with Gasteiger partial charge in [0.1, 0.15) is 0 Å². The fraction of sp³-hybridized carbons (Fsp3) is 0.0857. The van der Waals surface area contributed by atoms with E-state index in [9.17, 15) is 0 Å². The van der Waals surface area contributed by atoms with Crippen molar-refractivity contribution >= 4 is 48.6 Å². The largest absolute Gasteiger partial charge is 0.309 e. The summed E-state index contributed by atoms with van der Waals surface area (Å²) in [6, 6.07) is 48.5. The predicted octanol–water partition coefficient (Wildman–Crippen LogP) is 10.2. The maximum atomic E-state index is 2.43. The molecule has 0 radical (unpaired) electrons. The summed E-state index contributed by atoms with van der Waals surface area (Å²) in [5, 5.41) is 5.10. The third-order valence-electron chi connectivity index (χ3n) is 6.99. The van der Waals surface area contributed by atoms with Crippen LogP contribution in [0.4, 0.5) is 17.1 Å². The van der Waals surface area contributed by atoms with Gasteiger partial charge in [-0.05, 0) is 87.8 Å². The Labute approximate surface area is 221 Å². The van der Waals surface area contributed by atoms with Gasteiger partial charge in [-0.25, -0.2) is 10.0 Å². The van der Waals surface area contributed by atoms with Crippen molar-refractivity contribution in [2.24, 2.45) is 0 Å². The van der Waals surface area contributed by atoms with Crippen molar-refractivity contribution < 1.29 is 0 Å². The summed E-state index contributed by atoms with van der Waals surface area (Å²) in [5.74, 6) is 0. The molecule has 6 aromatic rings. The van der Waals surface area contributed by atoms with Crippen LogP contribution in [0.15, 0.2) is 138 Å². The Morgan fingerprint density at radius 3 is 1.78 bits per heavy atom. The number of rotatable bonds is 5. The van der Waals surface area contributed by atoms with Crippen LogP contribution in [-0.2, 0) is 0 Å². The third-order valence-corrected chi connectivity index (χ3v) is 8.65. The van der Waals surface area contributed by atoms with Crippen LogP contribution >= 0.6 is 10.0 Å². The summed E-state index contributed by atoms with van der Waals surface area (Å²) in [4.78, 5) is 3.84. The highest BCUT2D eigenvalue weighted by atomic mass is 32.3. The van der Waals surface area contributed by atoms with Gasteiger partial charge in [-0.3, -0.25) is 0 Å². The number of hydrogen-bond donors (Lipinski definition) is 0. The molecular formula is C35H31NS. The van der Waals surface area contributed by atoms with Crippen LogP contribution < -0.4 is 4.90 Å². The fourth-order valence-electron chi connectivity index (χ4n) is 5.15. The van der Waals surface area contributed by atoms with Crippen molar-refractivity contribution in [1.82, 2.24) is 0 Å². The minimum absolute atomic E-state index is 0.964. The topological polar surface area (TPSA) is 3.24 Å². The maximum absolute atomic E-state index is 2.43. The minimum atomic E-state index is -0.964. The molecule has 6 aromatic carbocycles. The Hall–Kier alpha value is -4.01. The number of fused-ring (bicyclic) bond motifs is 3. The quantitative estimate of drug-likeness (QED) is 0.214. The summed E-state index contributed by atoms with van der Waals surface area (Å²) in [6.07, 6.45) is 7.11. The summed E-state index contributed by atoms with van der Waals surface area (Å²) in [7, 11) is -0.964. The molecule has 0 aliphatic rings. The van der Waals surface area contributed by atoms with E-state index in [1.807, 2.05) is 0 Å². The monoisotopic (exact) mass is 497 g/mol. The Morgan fingerprint density at radius 1 is 0.459 bits per heavy atom. The molecule has 0 unspecified atom stereocenters. The van der Waals surface area contributed by atoms with E-state index in [0.29, 0.717) is 0 Å². The van der Waals surface area contributed by atoms with E-state index in [4.69, 9.17) is 0 Å². The van der Waals surface area contributed by atoms with E-state index < -0.39 is 10.0 Å². The van der Waals surface area contributed by atoms with E-state index in [1.165, 1.54) is 48.9 Å². The van der Waals surface area contributed by atoms with Gasteiger partial charge in [-0.15, -0.1) is 0 Å². The number of anilines is 3. The van der Waals surface area contributed by atoms with Gasteiger partial charge in [-0.1, -0.05) is 97.1 Å². The highest BCUT2D eigenvalue weighted by Gasteiger charge is 2.21. The van der Waals surface area contributed by atoms with Crippen molar-refractivity contribution in [3.05, 3.63) is 133 Å². The normalized spacial score (nSPS) is 12.1. The van der Waals surface area contributed by atoms with E-state index >= 15 is 0 Å². The molecule has 0 saturated carbocycles. The molecule has 1 nitrogen and oxygen atoms in total. The third kappa shape index (κ3) is 4.50. The van der Waals surface area contributed by atoms with E-state index in [-0.39, 0.29) is 0 Å². The second-order valence-electron chi connectivity index (χ2n) is 10.2. The molecule has 2 heteroatoms. The van der Waals surface area contributed by atoms with Crippen LogP contribution in [0.3, 0.4) is 0 Å². The zero-order chi connectivity index (χ0) is 25.4. The van der Waals surface area contributed by atoms with Gasteiger partial charge in [0, 0.05) is 16.3 Å². The number of hydrogen-bond acceptors (Lipinski definition) is 1. The Kier molecular flexibility index (Phi) is 5.98. The first-order valence-corrected chi connectivity index (χ1v) is 15.5. The zero-order valence-electron chi connectivity index (χ0n) is 21.6. The number of benzene rings is 6. The van der Waals surface area contributed by atoms with Gasteiger partial charge in [0.2, 0.25) is 0 Å². The van der Waals surface area contributed by atoms with Crippen molar-refractivity contribution in [1.29, 1.82) is 0 Å². The lowest BCUT2D eigenvalue weighted by atomic mass is 10.0. The molecule has 0 aliphatic carbocycles. The molecule has 0 heterocycles. The molecule has 182 valence electrons. The number of para-hydroxylation sites is 1. The van der Waals surface area contributed by atoms with Gasteiger partial charge in [0.15, 0.2) is 0 Å². The van der Waals surface area contributed by atoms with Crippen molar-refractivity contribution in [2.45, 2.75) is 4.90 Å². The molecule has 0 aromatic heterocycles. The van der Waals surface area contributed by atoms with Crippen LogP contribution in [0.5, 0.6) is 0 Å². The average Bonchev–Trinajstić information content (AvgIpc) is 2.94. The Morgan fingerprint density at radius 2 is 1.03 bits per heavy atom. The molecule has 0 amide bonds. The van der Waals surface area contributed by atoms with Gasteiger partial charge < -0.3 is 4.90 Å². The van der Waals surface area contributed by atoms with Gasteiger partial charge in [0.05, 0.1) is 5.69 Å². The van der Waals surface area contributed by atoms with Crippen LogP contribution in [0, 0.1) is 0 Å². The summed E-state index contributed by atoms with van der Waals surface area (Å²) >= 11 is 0. The molecule has 0 fully saturated rings. The summed E-state index contributed by atoms with van der Waals surface area (Å²) < 4.78 is 0. The highest BCUT2D eigenvalue weighted by molar-refractivity contribution is 8.32. The standard InChI is InChI=1S/C35H31NS/c1-37(2,3)35-16-10-9-15-34(35)36(30-22-19-27(20-23-30)26-11-5-4-6-12-26)31-24-21-29-18-17-28-13-7-8-14-32(28)33(29)25-31/h4-25H,1-3H3. The lowest BCUT2D eigenvalue weighted by Crippen LogP contribution is -2.13. The molecule has 6 rings (SSSR count). The predicted molar refractivity (Wildman–Crippen MR) is 165 cm³/mol. The van der Waals surface area contributed by atoms with E-state index in [0.717, 1.165) is 5.69 Å². The van der Waals surface area contributed by atoms with Crippen LogP contribution in [0.1, 0.15) is 0 Å². The lowest BCUT2D eigenvalue weighted by Gasteiger charge is -2.34. The Balaban J connectivity index is 1.57. The van der Waals surface area contributed by atoms with Crippen LogP contribution in [-0.4, -0.2) is 18.8 Å². The van der Waals surface area contributed by atoms with Gasteiger partial charge in [-0.2, -0.15) is 0 Å². The molecule has 0 N–H and O–H groups in total. The maximum Gasteiger partial charge on any atom is 0.0582 e. The van der Waals surface area contributed by atoms with E-state index in [1.54, 1.807) is 0 Å². The second-order valence-corrected chi connectivity index (χ2v) is 14.4. The van der Waals surface area contributed by atoms with Gasteiger partial charge in [0.25, 0.3) is 0 Å². The molecule has 0 atom stereocenters. The molecule has 0 bridgehead atoms. The first-order valence-electron chi connectivity index (χ1n) is 12.6. The van der Waals surface area contributed by atoms with Gasteiger partial charge >= 0.3 is 0 Å². The first-order chi connectivity index (χ1) is 18.0. The second kappa shape index (κ2) is 9.46. The average molecular weight is 498 g/mol. The first kappa shape index (κ1) is 23.4. The molecular weight excluding hydrogens is 466 g/mol. The summed E-state index contributed by atoms with van der Waals surface area (Å²) in [5.41, 5.74) is 6.04.